The molecule has 6 atom stereocenters. The van der Waals surface area contributed by atoms with Crippen molar-refractivity contribution < 1.29 is 54.9 Å². The van der Waals surface area contributed by atoms with Crippen LogP contribution in [0, 0.1) is 0 Å². The van der Waals surface area contributed by atoms with E-state index in [1.165, 1.54) is 0 Å². The monoisotopic (exact) mass is 1180 g/mol. The van der Waals surface area contributed by atoms with Gasteiger partial charge in [0.25, 0.3) is 0 Å². The van der Waals surface area contributed by atoms with Crippen LogP contribution in [0.5, 0.6) is 0 Å². The molecule has 0 radical (unpaired) electrons. The Balaban J connectivity index is 1.13. The second kappa shape index (κ2) is 34.1. The zero-order valence-electron chi connectivity index (χ0n) is 46.5. The van der Waals surface area contributed by atoms with Crippen molar-refractivity contribution in [3.05, 3.63) is 323 Å². The molecule has 1 saturated carbocycles. The fourth-order valence-electron chi connectivity index (χ4n) is 9.15. The minimum absolute atomic E-state index is 0.157. The molecule has 1 aliphatic rings. The van der Waals surface area contributed by atoms with Gasteiger partial charge >= 0.3 is 25.8 Å². The van der Waals surface area contributed by atoms with Crippen molar-refractivity contribution in [2.75, 3.05) is 0 Å². The first-order valence-electron chi connectivity index (χ1n) is 28.0. The summed E-state index contributed by atoms with van der Waals surface area (Å²) in [7, 11) is -6.77. The van der Waals surface area contributed by atoms with E-state index < -0.39 is 62.4 Å². The summed E-state index contributed by atoms with van der Waals surface area (Å²) in [5.41, 5.74) is 8.31. The Bertz CT molecular complexity index is 2900. The maximum absolute atomic E-state index is 7.54. The Morgan fingerprint density at radius 2 is 0.321 bits per heavy atom. The maximum Gasteiger partial charge on any atom is 0.333 e. The van der Waals surface area contributed by atoms with E-state index in [0.717, 1.165) is 50.1 Å². The molecule has 84 heavy (non-hydrogen) atoms. The molecule has 10 rings (SSSR count). The normalized spacial score (nSPS) is 17.9. The lowest BCUT2D eigenvalue weighted by Crippen LogP contribution is -2.66. The molecule has 1 fully saturated rings. The second-order valence-corrected chi connectivity index (χ2v) is 23.2. The van der Waals surface area contributed by atoms with Crippen LogP contribution in [0.1, 0.15) is 50.1 Å². The molecule has 0 amide bonds. The van der Waals surface area contributed by atoms with E-state index in [1.807, 2.05) is 273 Å². The van der Waals surface area contributed by atoms with E-state index in [9.17, 15) is 0 Å². The minimum Gasteiger partial charge on any atom is -0.368 e. The molecule has 0 spiro atoms. The largest absolute Gasteiger partial charge is 0.368 e. The van der Waals surface area contributed by atoms with Gasteiger partial charge in [0.15, 0.2) is 0 Å². The van der Waals surface area contributed by atoms with Crippen LogP contribution in [0.2, 0.25) is 0 Å². The summed E-state index contributed by atoms with van der Waals surface area (Å²) in [4.78, 5) is 0. The van der Waals surface area contributed by atoms with E-state index in [-0.39, 0.29) is 59.5 Å². The molecule has 12 nitrogen and oxygen atoms in total. The Kier molecular flexibility index (Phi) is 24.7. The molecule has 1 aliphatic carbocycles. The summed E-state index contributed by atoms with van der Waals surface area (Å²) < 4.78 is 85.4. The molecule has 9 aromatic rings. The highest BCUT2D eigenvalue weighted by Crippen LogP contribution is 2.54. The third-order valence-electron chi connectivity index (χ3n) is 13.5. The van der Waals surface area contributed by atoms with Gasteiger partial charge in [-0.2, -0.15) is 0 Å². The van der Waals surface area contributed by atoms with Gasteiger partial charge in [-0.15, -0.1) is 0 Å². The van der Waals surface area contributed by atoms with Gasteiger partial charge < -0.3 is 54.9 Å². The van der Waals surface area contributed by atoms with E-state index in [4.69, 9.17) is 54.9 Å². The summed E-state index contributed by atoms with van der Waals surface area (Å²) in [6.07, 6.45) is -6.32. The first kappa shape index (κ1) is 60.9. The molecule has 0 bridgehead atoms. The highest BCUT2D eigenvalue weighted by atomic mass is 31.2. The lowest BCUT2D eigenvalue weighted by molar-refractivity contribution is -0.253. The van der Waals surface area contributed by atoms with Gasteiger partial charge in [-0.25, -0.2) is 0 Å². The fraction of sp³-hybridized carbons (Fsp3) is 0.217. The van der Waals surface area contributed by atoms with Crippen LogP contribution < -0.4 is 0 Å². The lowest BCUT2D eigenvalue weighted by atomic mass is 9.84. The van der Waals surface area contributed by atoms with Crippen LogP contribution in [-0.2, 0) is 114 Å². The Morgan fingerprint density at radius 1 is 0.179 bits per heavy atom. The second-order valence-electron chi connectivity index (χ2n) is 19.7. The summed E-state index contributed by atoms with van der Waals surface area (Å²) >= 11 is 0. The van der Waals surface area contributed by atoms with Crippen LogP contribution in [0.25, 0.3) is 0 Å². The third-order valence-corrected chi connectivity index (χ3v) is 16.8. The average Bonchev–Trinajstić information content (AvgIpc) is 2.17. The van der Waals surface area contributed by atoms with Crippen LogP contribution >= 0.6 is 25.8 Å². The van der Waals surface area contributed by atoms with Crippen molar-refractivity contribution in [3.63, 3.8) is 0 Å². The fourth-order valence-corrected chi connectivity index (χ4v) is 12.6. The molecule has 0 N–H and O–H groups in total. The van der Waals surface area contributed by atoms with Crippen molar-refractivity contribution in [1.82, 2.24) is 0 Å². The molecular formula is C69H69O12P3. The number of hydrogen-bond acceptors (Lipinski definition) is 12. The Hall–Kier alpha value is -6.21. The molecular weight excluding hydrogens is 1110 g/mol. The third kappa shape index (κ3) is 19.7. The van der Waals surface area contributed by atoms with Crippen LogP contribution in [0.4, 0.5) is 0 Å². The average molecular weight is 1180 g/mol. The van der Waals surface area contributed by atoms with E-state index in [1.54, 1.807) is 0 Å². The molecule has 0 heterocycles. The van der Waals surface area contributed by atoms with E-state index in [2.05, 4.69) is 0 Å². The van der Waals surface area contributed by atoms with Crippen molar-refractivity contribution in [2.45, 2.75) is 96.1 Å². The Labute approximate surface area is 497 Å². The minimum atomic E-state index is -2.27. The van der Waals surface area contributed by atoms with Crippen LogP contribution in [0.3, 0.4) is 0 Å². The summed E-state index contributed by atoms with van der Waals surface area (Å²) in [5.74, 6) is 0. The number of ether oxygens (including phenoxy) is 3. The topological polar surface area (TPSA) is 111 Å². The van der Waals surface area contributed by atoms with Crippen molar-refractivity contribution in [3.8, 4) is 0 Å². The van der Waals surface area contributed by atoms with Gasteiger partial charge in [-0.05, 0) is 50.1 Å². The quantitative estimate of drug-likeness (QED) is 0.0365. The van der Waals surface area contributed by atoms with Gasteiger partial charge in [-0.1, -0.05) is 273 Å². The van der Waals surface area contributed by atoms with Gasteiger partial charge in [0.05, 0.1) is 59.5 Å². The van der Waals surface area contributed by atoms with Gasteiger partial charge in [0.2, 0.25) is 0 Å². The maximum atomic E-state index is 7.54. The zero-order valence-corrected chi connectivity index (χ0v) is 49.2. The Morgan fingerprint density at radius 3 is 0.500 bits per heavy atom. The number of benzene rings is 9. The smallest absolute Gasteiger partial charge is 0.333 e. The van der Waals surface area contributed by atoms with E-state index in [0.29, 0.717) is 0 Å². The highest BCUT2D eigenvalue weighted by Gasteiger charge is 2.58. The van der Waals surface area contributed by atoms with E-state index >= 15 is 0 Å². The summed E-state index contributed by atoms with van der Waals surface area (Å²) in [6, 6.07) is 89.6. The zero-order chi connectivity index (χ0) is 57.1. The van der Waals surface area contributed by atoms with Gasteiger partial charge in [0.1, 0.15) is 36.6 Å². The van der Waals surface area contributed by atoms with Crippen molar-refractivity contribution in [2.24, 2.45) is 0 Å². The predicted molar refractivity (Wildman–Crippen MR) is 328 cm³/mol. The van der Waals surface area contributed by atoms with Crippen molar-refractivity contribution in [1.29, 1.82) is 0 Å². The SMILES string of the molecule is c1ccc(CO[C@@H]2[C@@H](OCc3ccccc3)[C@H](OP(OCc3ccccc3)OCc3ccccc3)[C@@H](OP(OCc3ccccc3)OCc3ccccc3)[C@@H](OP(OCc3ccccc3)OCc3ccccc3)[C@H]2OCc2ccccc2)cc1. The van der Waals surface area contributed by atoms with Crippen LogP contribution in [-0.4, -0.2) is 36.6 Å². The summed E-state index contributed by atoms with van der Waals surface area (Å²) in [5, 5.41) is 0. The number of hydrogen-bond donors (Lipinski definition) is 0. The van der Waals surface area contributed by atoms with Crippen LogP contribution in [0.15, 0.2) is 273 Å². The molecule has 0 aromatic heterocycles. The molecule has 432 valence electrons. The lowest BCUT2D eigenvalue weighted by Gasteiger charge is -2.50. The summed E-state index contributed by atoms with van der Waals surface area (Å²) in [6.45, 7) is 1.50. The molecule has 0 aliphatic heterocycles. The molecule has 0 unspecified atom stereocenters. The predicted octanol–water partition coefficient (Wildman–Crippen LogP) is 16.9. The van der Waals surface area contributed by atoms with Gasteiger partial charge in [0, 0.05) is 0 Å². The molecule has 15 heteroatoms. The first-order valence-corrected chi connectivity index (χ1v) is 31.3. The molecule has 0 saturated heterocycles. The van der Waals surface area contributed by atoms with Crippen molar-refractivity contribution >= 4 is 25.8 Å². The standard InChI is InChI=1S/C69H69O12P3/c1-10-28-55(29-11-1)46-70-64-65(71-47-56-30-12-2-13-31-56)67(79-82(73-49-58-34-16-4-17-35-58)74-50-59-36-18-5-19-37-59)69(81-84(77-53-62-42-24-8-25-43-62)78-54-63-44-26-9-27-45-63)68(66(64)72-48-57-32-14-3-15-33-57)80-83(75-51-60-38-20-6-21-39-60)76-52-61-40-22-7-23-41-61/h1-45,64-69H,46-54H2/t64-,65-,66+,67-,68-,69-/m0/s1. The number of rotatable bonds is 33. The highest BCUT2D eigenvalue weighted by molar-refractivity contribution is 7.42. The molecule has 9 aromatic carbocycles. The first-order chi connectivity index (χ1) is 41.6. The van der Waals surface area contributed by atoms with Gasteiger partial charge in [-0.3, -0.25) is 0 Å².